The Balaban J connectivity index is 1.42. The zero-order valence-electron chi connectivity index (χ0n) is 14.5. The van der Waals surface area contributed by atoms with E-state index in [1.165, 1.54) is 42.4 Å². The fourth-order valence-electron chi connectivity index (χ4n) is 3.32. The van der Waals surface area contributed by atoms with Gasteiger partial charge >= 0.3 is 0 Å². The monoisotopic (exact) mass is 398 g/mol. The van der Waals surface area contributed by atoms with Crippen LogP contribution in [0.15, 0.2) is 40.4 Å². The van der Waals surface area contributed by atoms with Crippen LogP contribution in [0.25, 0.3) is 15.9 Å². The Morgan fingerprint density at radius 2 is 2.00 bits per heavy atom. The van der Waals surface area contributed by atoms with Crippen LogP contribution in [0.4, 0.5) is 5.13 Å². The molecule has 9 heteroatoms. The van der Waals surface area contributed by atoms with E-state index in [1.807, 2.05) is 24.3 Å². The van der Waals surface area contributed by atoms with Gasteiger partial charge < -0.3 is 10.5 Å². The van der Waals surface area contributed by atoms with E-state index in [4.69, 9.17) is 10.5 Å². The standard InChI is InChI=1S/C18H18N6OS2/c19-17-20-13-7-6-12(10-14(13)27-17)26-18-22-21-15-8-9-16(23-24(15)18)25-11-4-2-1-3-5-11/h6-11H,1-5H2,(H2,19,20). The highest BCUT2D eigenvalue weighted by molar-refractivity contribution is 7.99. The van der Waals surface area contributed by atoms with E-state index in [0.29, 0.717) is 21.8 Å². The lowest BCUT2D eigenvalue weighted by Gasteiger charge is -2.22. The van der Waals surface area contributed by atoms with E-state index < -0.39 is 0 Å². The summed E-state index contributed by atoms with van der Waals surface area (Å²) in [6, 6.07) is 9.82. The minimum atomic E-state index is 0.260. The average molecular weight is 399 g/mol. The summed E-state index contributed by atoms with van der Waals surface area (Å²) in [6.07, 6.45) is 6.21. The lowest BCUT2D eigenvalue weighted by molar-refractivity contribution is 0.146. The molecule has 0 aliphatic heterocycles. The quantitative estimate of drug-likeness (QED) is 0.551. The lowest BCUT2D eigenvalue weighted by Crippen LogP contribution is -2.20. The number of hydrogen-bond donors (Lipinski definition) is 1. The molecule has 0 bridgehead atoms. The van der Waals surface area contributed by atoms with Gasteiger partial charge in [-0.05, 0) is 61.7 Å². The maximum absolute atomic E-state index is 6.08. The van der Waals surface area contributed by atoms with Crippen LogP contribution in [0.3, 0.4) is 0 Å². The molecule has 138 valence electrons. The number of rotatable bonds is 4. The molecule has 0 amide bonds. The van der Waals surface area contributed by atoms with E-state index in [0.717, 1.165) is 28.0 Å². The minimum absolute atomic E-state index is 0.260. The molecule has 1 fully saturated rings. The van der Waals surface area contributed by atoms with Crippen molar-refractivity contribution in [2.75, 3.05) is 5.73 Å². The fraction of sp³-hybridized carbons (Fsp3) is 0.333. The second-order valence-electron chi connectivity index (χ2n) is 6.59. The van der Waals surface area contributed by atoms with Gasteiger partial charge in [-0.2, -0.15) is 4.52 Å². The summed E-state index contributed by atoms with van der Waals surface area (Å²) >= 11 is 2.99. The number of anilines is 1. The highest BCUT2D eigenvalue weighted by Crippen LogP contribution is 2.32. The second-order valence-corrected chi connectivity index (χ2v) is 8.69. The van der Waals surface area contributed by atoms with Crippen LogP contribution in [0.1, 0.15) is 32.1 Å². The van der Waals surface area contributed by atoms with E-state index in [9.17, 15) is 0 Å². The van der Waals surface area contributed by atoms with Crippen LogP contribution in [0.2, 0.25) is 0 Å². The summed E-state index contributed by atoms with van der Waals surface area (Å²) in [7, 11) is 0. The first-order chi connectivity index (χ1) is 13.2. The van der Waals surface area contributed by atoms with Gasteiger partial charge in [0.25, 0.3) is 0 Å². The highest BCUT2D eigenvalue weighted by atomic mass is 32.2. The van der Waals surface area contributed by atoms with Crippen molar-refractivity contribution in [3.8, 4) is 5.88 Å². The first-order valence-electron chi connectivity index (χ1n) is 8.98. The molecule has 2 N–H and O–H groups in total. The normalized spacial score (nSPS) is 15.6. The number of aromatic nitrogens is 5. The summed E-state index contributed by atoms with van der Waals surface area (Å²) < 4.78 is 8.88. The smallest absolute Gasteiger partial charge is 0.232 e. The number of thiazole rings is 1. The van der Waals surface area contributed by atoms with E-state index in [1.54, 1.807) is 4.52 Å². The summed E-state index contributed by atoms with van der Waals surface area (Å²) in [5.41, 5.74) is 7.41. The van der Waals surface area contributed by atoms with Crippen LogP contribution in [0, 0.1) is 0 Å². The lowest BCUT2D eigenvalue weighted by atomic mass is 9.98. The second kappa shape index (κ2) is 6.97. The van der Waals surface area contributed by atoms with Gasteiger partial charge in [-0.25, -0.2) is 4.98 Å². The molecule has 27 heavy (non-hydrogen) atoms. The zero-order valence-corrected chi connectivity index (χ0v) is 16.2. The molecule has 1 aliphatic carbocycles. The third kappa shape index (κ3) is 3.44. The number of nitrogens with zero attached hydrogens (tertiary/aromatic N) is 5. The fourth-order valence-corrected chi connectivity index (χ4v) is 5.00. The topological polar surface area (TPSA) is 91.2 Å². The Kier molecular flexibility index (Phi) is 4.33. The predicted octanol–water partition coefficient (Wildman–Crippen LogP) is 4.18. The van der Waals surface area contributed by atoms with Crippen molar-refractivity contribution >= 4 is 44.1 Å². The van der Waals surface area contributed by atoms with E-state index in [2.05, 4.69) is 26.3 Å². The molecule has 1 aliphatic rings. The van der Waals surface area contributed by atoms with E-state index in [-0.39, 0.29) is 6.10 Å². The van der Waals surface area contributed by atoms with Crippen molar-refractivity contribution in [2.24, 2.45) is 0 Å². The Hall–Kier alpha value is -2.39. The average Bonchev–Trinajstić information content (AvgIpc) is 3.25. The third-order valence-electron chi connectivity index (χ3n) is 4.63. The number of hydrogen-bond acceptors (Lipinski definition) is 8. The van der Waals surface area contributed by atoms with Gasteiger partial charge in [-0.3, -0.25) is 0 Å². The largest absolute Gasteiger partial charge is 0.473 e. The van der Waals surface area contributed by atoms with Crippen molar-refractivity contribution in [1.82, 2.24) is 24.8 Å². The molecule has 5 rings (SSSR count). The molecule has 1 aromatic carbocycles. The molecule has 0 atom stereocenters. The van der Waals surface area contributed by atoms with Crippen LogP contribution in [-0.2, 0) is 0 Å². The van der Waals surface area contributed by atoms with Gasteiger partial charge in [-0.1, -0.05) is 17.8 Å². The Morgan fingerprint density at radius 3 is 2.89 bits per heavy atom. The van der Waals surface area contributed by atoms with Crippen molar-refractivity contribution in [1.29, 1.82) is 0 Å². The molecule has 0 unspecified atom stereocenters. The summed E-state index contributed by atoms with van der Waals surface area (Å²) in [5, 5.41) is 14.4. The minimum Gasteiger partial charge on any atom is -0.473 e. The number of nitrogen functional groups attached to an aromatic ring is 1. The molecule has 3 heterocycles. The van der Waals surface area contributed by atoms with Gasteiger partial charge in [-0.15, -0.1) is 15.3 Å². The maximum Gasteiger partial charge on any atom is 0.232 e. The highest BCUT2D eigenvalue weighted by Gasteiger charge is 2.17. The molecular weight excluding hydrogens is 380 g/mol. The summed E-state index contributed by atoms with van der Waals surface area (Å²) in [4.78, 5) is 5.34. The number of fused-ring (bicyclic) bond motifs is 2. The van der Waals surface area contributed by atoms with Crippen LogP contribution >= 0.6 is 23.1 Å². The van der Waals surface area contributed by atoms with Crippen molar-refractivity contribution in [3.05, 3.63) is 30.3 Å². The Morgan fingerprint density at radius 1 is 1.11 bits per heavy atom. The number of ether oxygens (including phenoxy) is 1. The van der Waals surface area contributed by atoms with Gasteiger partial charge in [0.1, 0.15) is 6.10 Å². The van der Waals surface area contributed by atoms with Crippen LogP contribution in [0.5, 0.6) is 5.88 Å². The van der Waals surface area contributed by atoms with Crippen molar-refractivity contribution in [2.45, 2.75) is 48.3 Å². The van der Waals surface area contributed by atoms with E-state index >= 15 is 0 Å². The summed E-state index contributed by atoms with van der Waals surface area (Å²) in [6.45, 7) is 0. The maximum atomic E-state index is 6.08. The van der Waals surface area contributed by atoms with Crippen molar-refractivity contribution < 1.29 is 4.74 Å². The molecule has 1 saturated carbocycles. The Bertz CT molecular complexity index is 1100. The van der Waals surface area contributed by atoms with Crippen LogP contribution in [-0.4, -0.2) is 30.9 Å². The molecule has 0 radical (unpaired) electrons. The summed E-state index contributed by atoms with van der Waals surface area (Å²) in [5.74, 6) is 0.627. The number of benzene rings is 1. The van der Waals surface area contributed by atoms with Gasteiger partial charge in [0, 0.05) is 11.0 Å². The number of nitrogens with two attached hydrogens (primary N) is 1. The van der Waals surface area contributed by atoms with Crippen molar-refractivity contribution in [3.63, 3.8) is 0 Å². The SMILES string of the molecule is Nc1nc2ccc(Sc3nnc4ccc(OC5CCCCC5)nn34)cc2s1. The molecule has 7 nitrogen and oxygen atoms in total. The first-order valence-corrected chi connectivity index (χ1v) is 10.6. The molecule has 0 saturated heterocycles. The molecule has 4 aromatic rings. The third-order valence-corrected chi connectivity index (χ3v) is 6.41. The zero-order chi connectivity index (χ0) is 18.2. The molecular formula is C18H18N6OS2. The van der Waals surface area contributed by atoms with Gasteiger partial charge in [0.2, 0.25) is 11.0 Å². The Labute approximate surface area is 164 Å². The van der Waals surface area contributed by atoms with Crippen LogP contribution < -0.4 is 10.5 Å². The van der Waals surface area contributed by atoms with Gasteiger partial charge in [0.05, 0.1) is 10.2 Å². The first kappa shape index (κ1) is 16.8. The molecule has 0 spiro atoms. The molecule has 3 aromatic heterocycles. The van der Waals surface area contributed by atoms with Gasteiger partial charge in [0.15, 0.2) is 10.8 Å². The predicted molar refractivity (Wildman–Crippen MR) is 106 cm³/mol.